The van der Waals surface area contributed by atoms with Crippen LogP contribution in [0.5, 0.6) is 5.75 Å². The molecule has 0 aliphatic carbocycles. The van der Waals surface area contributed by atoms with E-state index < -0.39 is 0 Å². The van der Waals surface area contributed by atoms with E-state index in [0.717, 1.165) is 17.7 Å². The maximum Gasteiger partial charge on any atom is 0.132 e. The second kappa shape index (κ2) is 6.58. The van der Waals surface area contributed by atoms with Crippen LogP contribution >= 0.6 is 0 Å². The summed E-state index contributed by atoms with van der Waals surface area (Å²) in [5, 5.41) is 5.81. The van der Waals surface area contributed by atoms with Crippen LogP contribution in [0.25, 0.3) is 10.8 Å². The van der Waals surface area contributed by atoms with Crippen LogP contribution in [0.4, 0.5) is 0 Å². The van der Waals surface area contributed by atoms with Crippen molar-refractivity contribution in [1.29, 1.82) is 0 Å². The molecule has 2 aromatic rings. The first kappa shape index (κ1) is 14.6. The van der Waals surface area contributed by atoms with Gasteiger partial charge in [0.05, 0.1) is 0 Å². The average Bonchev–Trinajstić information content (AvgIpc) is 2.47. The zero-order valence-electron chi connectivity index (χ0n) is 12.5. The maximum atomic E-state index is 6.12. The van der Waals surface area contributed by atoms with Crippen LogP contribution in [0.3, 0.4) is 0 Å². The second-order valence-corrected chi connectivity index (χ2v) is 5.04. The van der Waals surface area contributed by atoms with Crippen molar-refractivity contribution in [2.45, 2.75) is 32.9 Å². The number of rotatable bonds is 6. The zero-order valence-corrected chi connectivity index (χ0v) is 12.5. The molecule has 2 heteroatoms. The summed E-state index contributed by atoms with van der Waals surface area (Å²) in [5.74, 6) is 0.962. The SMILES string of the molecule is C=CC(C)Oc1c(C(C)NCC)ccc2ccccc12. The Bertz CT molecular complexity index is 591. The Hall–Kier alpha value is -1.80. The minimum Gasteiger partial charge on any atom is -0.486 e. The molecule has 2 nitrogen and oxygen atoms in total. The highest BCUT2D eigenvalue weighted by Gasteiger charge is 2.15. The van der Waals surface area contributed by atoms with E-state index in [2.05, 4.69) is 62.1 Å². The Labute approximate surface area is 121 Å². The first-order valence-electron chi connectivity index (χ1n) is 7.21. The van der Waals surface area contributed by atoms with Crippen molar-refractivity contribution in [3.63, 3.8) is 0 Å². The van der Waals surface area contributed by atoms with Gasteiger partial charge in [-0.05, 0) is 25.8 Å². The number of fused-ring (bicyclic) bond motifs is 1. The Kier molecular flexibility index (Phi) is 4.80. The molecule has 0 spiro atoms. The first-order chi connectivity index (χ1) is 9.67. The van der Waals surface area contributed by atoms with Crippen LogP contribution in [0, 0.1) is 0 Å². The van der Waals surface area contributed by atoms with Gasteiger partial charge in [-0.25, -0.2) is 0 Å². The summed E-state index contributed by atoms with van der Waals surface area (Å²) in [6.07, 6.45) is 1.82. The number of nitrogens with one attached hydrogen (secondary N) is 1. The molecule has 0 radical (unpaired) electrons. The van der Waals surface area contributed by atoms with Crippen molar-refractivity contribution in [2.24, 2.45) is 0 Å². The van der Waals surface area contributed by atoms with Gasteiger partial charge in [0.2, 0.25) is 0 Å². The highest BCUT2D eigenvalue weighted by Crippen LogP contribution is 2.34. The quantitative estimate of drug-likeness (QED) is 0.782. The Morgan fingerprint density at radius 3 is 2.65 bits per heavy atom. The summed E-state index contributed by atoms with van der Waals surface area (Å²) in [6.45, 7) is 11.0. The van der Waals surface area contributed by atoms with Crippen molar-refractivity contribution < 1.29 is 4.74 Å². The highest BCUT2D eigenvalue weighted by atomic mass is 16.5. The van der Waals surface area contributed by atoms with Crippen molar-refractivity contribution in [1.82, 2.24) is 5.32 Å². The molecule has 0 aliphatic heterocycles. The number of ether oxygens (including phenoxy) is 1. The molecule has 0 aromatic heterocycles. The lowest BCUT2D eigenvalue weighted by atomic mass is 10.0. The fourth-order valence-electron chi connectivity index (χ4n) is 2.38. The summed E-state index contributed by atoms with van der Waals surface area (Å²) >= 11 is 0. The maximum absolute atomic E-state index is 6.12. The normalized spacial score (nSPS) is 13.9. The van der Waals surface area contributed by atoms with Gasteiger partial charge in [0.15, 0.2) is 0 Å². The van der Waals surface area contributed by atoms with Crippen LogP contribution < -0.4 is 10.1 Å². The Balaban J connectivity index is 2.55. The average molecular weight is 269 g/mol. The van der Waals surface area contributed by atoms with Gasteiger partial charge in [-0.1, -0.05) is 56.0 Å². The minimum absolute atomic E-state index is 0.00613. The Morgan fingerprint density at radius 1 is 1.20 bits per heavy atom. The molecule has 0 saturated carbocycles. The zero-order chi connectivity index (χ0) is 14.5. The monoisotopic (exact) mass is 269 g/mol. The van der Waals surface area contributed by atoms with E-state index in [0.29, 0.717) is 0 Å². The molecule has 2 unspecified atom stereocenters. The van der Waals surface area contributed by atoms with Gasteiger partial charge < -0.3 is 10.1 Å². The summed E-state index contributed by atoms with van der Waals surface area (Å²) in [7, 11) is 0. The predicted molar refractivity (Wildman–Crippen MR) is 86.3 cm³/mol. The minimum atomic E-state index is -0.00613. The van der Waals surface area contributed by atoms with Gasteiger partial charge in [0.1, 0.15) is 11.9 Å². The van der Waals surface area contributed by atoms with E-state index in [1.165, 1.54) is 10.9 Å². The fourth-order valence-corrected chi connectivity index (χ4v) is 2.38. The van der Waals surface area contributed by atoms with Crippen LogP contribution in [0.2, 0.25) is 0 Å². The molecule has 0 heterocycles. The molecule has 2 atom stereocenters. The first-order valence-corrected chi connectivity index (χ1v) is 7.21. The lowest BCUT2D eigenvalue weighted by Gasteiger charge is -2.21. The molecule has 1 N–H and O–H groups in total. The van der Waals surface area contributed by atoms with Gasteiger partial charge in [-0.3, -0.25) is 0 Å². The highest BCUT2D eigenvalue weighted by molar-refractivity contribution is 5.89. The summed E-state index contributed by atoms with van der Waals surface area (Å²) in [5.41, 5.74) is 1.19. The largest absolute Gasteiger partial charge is 0.486 e. The van der Waals surface area contributed by atoms with E-state index in [9.17, 15) is 0 Å². The summed E-state index contributed by atoms with van der Waals surface area (Å²) in [4.78, 5) is 0. The molecule has 0 saturated heterocycles. The van der Waals surface area contributed by atoms with Crippen molar-refractivity contribution in [3.8, 4) is 5.75 Å². The van der Waals surface area contributed by atoms with Gasteiger partial charge >= 0.3 is 0 Å². The molecule has 20 heavy (non-hydrogen) atoms. The molecule has 2 rings (SSSR count). The lowest BCUT2D eigenvalue weighted by molar-refractivity contribution is 0.268. The molecule has 0 amide bonds. The lowest BCUT2D eigenvalue weighted by Crippen LogP contribution is -2.19. The second-order valence-electron chi connectivity index (χ2n) is 5.04. The smallest absolute Gasteiger partial charge is 0.132 e. The topological polar surface area (TPSA) is 21.3 Å². The van der Waals surface area contributed by atoms with E-state index in [-0.39, 0.29) is 12.1 Å². The standard InChI is InChI=1S/C18H23NO/c1-5-13(3)20-18-16(14(4)19-6-2)12-11-15-9-7-8-10-17(15)18/h5,7-14,19H,1,6H2,2-4H3. The van der Waals surface area contributed by atoms with Crippen molar-refractivity contribution in [3.05, 3.63) is 54.6 Å². The van der Waals surface area contributed by atoms with E-state index in [1.54, 1.807) is 0 Å². The molecule has 0 fully saturated rings. The van der Waals surface area contributed by atoms with E-state index >= 15 is 0 Å². The summed E-state index contributed by atoms with van der Waals surface area (Å²) in [6, 6.07) is 12.9. The number of hydrogen-bond donors (Lipinski definition) is 1. The van der Waals surface area contributed by atoms with Crippen molar-refractivity contribution >= 4 is 10.8 Å². The number of hydrogen-bond acceptors (Lipinski definition) is 2. The van der Waals surface area contributed by atoms with Crippen LogP contribution in [0.1, 0.15) is 32.4 Å². The van der Waals surface area contributed by atoms with E-state index in [1.807, 2.05) is 13.0 Å². The fraction of sp³-hybridized carbons (Fsp3) is 0.333. The number of benzene rings is 2. The van der Waals surface area contributed by atoms with Crippen LogP contribution in [-0.2, 0) is 0 Å². The van der Waals surface area contributed by atoms with Crippen LogP contribution in [0.15, 0.2) is 49.1 Å². The molecule has 106 valence electrons. The van der Waals surface area contributed by atoms with Gasteiger partial charge in [-0.2, -0.15) is 0 Å². The van der Waals surface area contributed by atoms with Crippen molar-refractivity contribution in [2.75, 3.05) is 6.54 Å². The van der Waals surface area contributed by atoms with Crippen LogP contribution in [-0.4, -0.2) is 12.6 Å². The Morgan fingerprint density at radius 2 is 1.95 bits per heavy atom. The third-order valence-electron chi connectivity index (χ3n) is 3.52. The van der Waals surface area contributed by atoms with Gasteiger partial charge in [0.25, 0.3) is 0 Å². The molecular formula is C18H23NO. The molecular weight excluding hydrogens is 246 g/mol. The summed E-state index contributed by atoms with van der Waals surface area (Å²) < 4.78 is 6.12. The predicted octanol–water partition coefficient (Wildman–Crippen LogP) is 4.46. The molecule has 0 aliphatic rings. The van der Waals surface area contributed by atoms with Gasteiger partial charge in [0, 0.05) is 17.0 Å². The van der Waals surface area contributed by atoms with E-state index in [4.69, 9.17) is 4.74 Å². The van der Waals surface area contributed by atoms with Gasteiger partial charge in [-0.15, -0.1) is 0 Å². The molecule has 2 aromatic carbocycles. The molecule has 0 bridgehead atoms. The third-order valence-corrected chi connectivity index (χ3v) is 3.52. The third kappa shape index (κ3) is 3.02.